The molecule has 2 aromatic carbocycles. The van der Waals surface area contributed by atoms with Crippen LogP contribution in [0.2, 0.25) is 0 Å². The number of hydrogen-bond acceptors (Lipinski definition) is 4. The van der Waals surface area contributed by atoms with Crippen LogP contribution in [0.1, 0.15) is 18.1 Å². The Kier molecular flexibility index (Phi) is 7.94. The first-order valence-corrected chi connectivity index (χ1v) is 10.5. The molecule has 1 aliphatic rings. The fourth-order valence-corrected chi connectivity index (χ4v) is 3.69. The van der Waals surface area contributed by atoms with E-state index in [0.29, 0.717) is 37.4 Å². The van der Waals surface area contributed by atoms with Crippen LogP contribution in [0.15, 0.2) is 48.5 Å². The lowest BCUT2D eigenvalue weighted by Gasteiger charge is -2.34. The molecule has 1 aliphatic heterocycles. The number of anilines is 1. The zero-order chi connectivity index (χ0) is 23.1. The molecule has 0 saturated carbocycles. The maximum atomic E-state index is 13.6. The highest BCUT2D eigenvalue weighted by Gasteiger charge is 2.22. The van der Waals surface area contributed by atoms with Crippen LogP contribution in [0.25, 0.3) is 0 Å². The van der Waals surface area contributed by atoms with E-state index in [0.717, 1.165) is 5.56 Å². The summed E-state index contributed by atoms with van der Waals surface area (Å²) in [6.45, 7) is 3.81. The zero-order valence-corrected chi connectivity index (χ0v) is 18.4. The van der Waals surface area contributed by atoms with Gasteiger partial charge in [0.1, 0.15) is 12.4 Å². The third-order valence-electron chi connectivity index (χ3n) is 5.48. The van der Waals surface area contributed by atoms with E-state index >= 15 is 0 Å². The number of ether oxygens (including phenoxy) is 1. The standard InChI is InChI=1S/C24H28FN3O4/c1-18(29)26-10-12-27(13-11-26)23(30)15-19-6-8-22(9-7-19)28(24(31)17-32-2)16-20-4-3-5-21(25)14-20/h3-9,14H,10-13,15-17H2,1-2H3. The van der Waals surface area contributed by atoms with Gasteiger partial charge in [0, 0.05) is 45.9 Å². The molecule has 7 nitrogen and oxygen atoms in total. The highest BCUT2D eigenvalue weighted by atomic mass is 19.1. The molecular weight excluding hydrogens is 413 g/mol. The predicted octanol–water partition coefficient (Wildman–Crippen LogP) is 2.24. The van der Waals surface area contributed by atoms with Gasteiger partial charge in [-0.25, -0.2) is 4.39 Å². The number of carbonyl (C=O) groups is 3. The van der Waals surface area contributed by atoms with Crippen LogP contribution >= 0.6 is 0 Å². The van der Waals surface area contributed by atoms with Crippen LogP contribution in [0.3, 0.4) is 0 Å². The molecule has 32 heavy (non-hydrogen) atoms. The molecule has 1 saturated heterocycles. The molecule has 0 aliphatic carbocycles. The van der Waals surface area contributed by atoms with Gasteiger partial charge in [0.05, 0.1) is 13.0 Å². The second kappa shape index (κ2) is 10.9. The minimum absolute atomic E-state index is 0.00743. The molecular formula is C24H28FN3O4. The van der Waals surface area contributed by atoms with Gasteiger partial charge in [-0.15, -0.1) is 0 Å². The maximum absolute atomic E-state index is 13.6. The van der Waals surface area contributed by atoms with E-state index < -0.39 is 0 Å². The molecule has 2 aromatic rings. The third-order valence-corrected chi connectivity index (χ3v) is 5.48. The number of rotatable bonds is 7. The SMILES string of the molecule is COCC(=O)N(Cc1cccc(F)c1)c1ccc(CC(=O)N2CCN(C(C)=O)CC2)cc1. The average Bonchev–Trinajstić information content (AvgIpc) is 2.78. The Morgan fingerprint density at radius 2 is 1.62 bits per heavy atom. The molecule has 1 heterocycles. The molecule has 170 valence electrons. The van der Waals surface area contributed by atoms with Gasteiger partial charge in [0.25, 0.3) is 5.91 Å². The first-order valence-electron chi connectivity index (χ1n) is 10.5. The highest BCUT2D eigenvalue weighted by Crippen LogP contribution is 2.20. The summed E-state index contributed by atoms with van der Waals surface area (Å²) < 4.78 is 18.6. The average molecular weight is 442 g/mol. The fraction of sp³-hybridized carbons (Fsp3) is 0.375. The normalized spacial score (nSPS) is 13.7. The summed E-state index contributed by atoms with van der Waals surface area (Å²) in [5.41, 5.74) is 2.14. The minimum Gasteiger partial charge on any atom is -0.375 e. The van der Waals surface area contributed by atoms with Gasteiger partial charge < -0.3 is 19.4 Å². The summed E-state index contributed by atoms with van der Waals surface area (Å²) in [6.07, 6.45) is 0.246. The van der Waals surface area contributed by atoms with Crippen LogP contribution in [0.5, 0.6) is 0 Å². The number of benzene rings is 2. The van der Waals surface area contributed by atoms with E-state index in [9.17, 15) is 18.8 Å². The Hall–Kier alpha value is -3.26. The second-order valence-electron chi connectivity index (χ2n) is 7.77. The zero-order valence-electron chi connectivity index (χ0n) is 18.4. The molecule has 8 heteroatoms. The number of carbonyl (C=O) groups excluding carboxylic acids is 3. The minimum atomic E-state index is -0.361. The molecule has 1 fully saturated rings. The summed E-state index contributed by atoms with van der Waals surface area (Å²) in [5.74, 6) is -0.574. The van der Waals surface area contributed by atoms with Crippen LogP contribution in [0, 0.1) is 5.82 Å². The van der Waals surface area contributed by atoms with Gasteiger partial charge in [-0.05, 0) is 35.4 Å². The summed E-state index contributed by atoms with van der Waals surface area (Å²) in [5, 5.41) is 0. The van der Waals surface area contributed by atoms with Crippen molar-refractivity contribution >= 4 is 23.4 Å². The first kappa shape index (κ1) is 23.4. The van der Waals surface area contributed by atoms with Crippen molar-refractivity contribution < 1.29 is 23.5 Å². The van der Waals surface area contributed by atoms with Crippen molar-refractivity contribution in [2.75, 3.05) is 44.8 Å². The van der Waals surface area contributed by atoms with Crippen molar-refractivity contribution in [3.63, 3.8) is 0 Å². The molecule has 0 spiro atoms. The highest BCUT2D eigenvalue weighted by molar-refractivity contribution is 5.94. The summed E-state index contributed by atoms with van der Waals surface area (Å²) in [6, 6.07) is 13.3. The predicted molar refractivity (Wildman–Crippen MR) is 118 cm³/mol. The second-order valence-corrected chi connectivity index (χ2v) is 7.77. The lowest BCUT2D eigenvalue weighted by atomic mass is 10.1. The smallest absolute Gasteiger partial charge is 0.253 e. The van der Waals surface area contributed by atoms with E-state index in [1.807, 2.05) is 12.1 Å². The molecule has 0 atom stereocenters. The molecule has 0 aromatic heterocycles. The van der Waals surface area contributed by atoms with Gasteiger partial charge >= 0.3 is 0 Å². The largest absolute Gasteiger partial charge is 0.375 e. The summed E-state index contributed by atoms with van der Waals surface area (Å²) >= 11 is 0. The Morgan fingerprint density at radius 1 is 0.969 bits per heavy atom. The third kappa shape index (κ3) is 6.13. The monoisotopic (exact) mass is 441 g/mol. The molecule has 3 amide bonds. The van der Waals surface area contributed by atoms with Crippen molar-refractivity contribution in [3.05, 3.63) is 65.5 Å². The number of amides is 3. The number of hydrogen-bond donors (Lipinski definition) is 0. The summed E-state index contributed by atoms with van der Waals surface area (Å²) in [7, 11) is 1.45. The number of methoxy groups -OCH3 is 1. The molecule has 0 unspecified atom stereocenters. The van der Waals surface area contributed by atoms with Crippen molar-refractivity contribution in [2.45, 2.75) is 19.9 Å². The molecule has 3 rings (SSSR count). The van der Waals surface area contributed by atoms with Gasteiger partial charge in [0.15, 0.2) is 0 Å². The van der Waals surface area contributed by atoms with Crippen LogP contribution in [0.4, 0.5) is 10.1 Å². The first-order chi connectivity index (χ1) is 15.4. The van der Waals surface area contributed by atoms with Crippen LogP contribution < -0.4 is 4.90 Å². The lowest BCUT2D eigenvalue weighted by Crippen LogP contribution is -2.50. The van der Waals surface area contributed by atoms with Crippen LogP contribution in [-0.2, 0) is 32.1 Å². The Morgan fingerprint density at radius 3 is 2.22 bits per heavy atom. The molecule has 0 bridgehead atoms. The number of piperazine rings is 1. The van der Waals surface area contributed by atoms with E-state index in [2.05, 4.69) is 0 Å². The van der Waals surface area contributed by atoms with E-state index in [1.54, 1.807) is 34.1 Å². The maximum Gasteiger partial charge on any atom is 0.253 e. The lowest BCUT2D eigenvalue weighted by molar-refractivity contribution is -0.138. The van der Waals surface area contributed by atoms with Gasteiger partial charge in [-0.3, -0.25) is 14.4 Å². The topological polar surface area (TPSA) is 70.2 Å². The van der Waals surface area contributed by atoms with Gasteiger partial charge in [0.2, 0.25) is 11.8 Å². The van der Waals surface area contributed by atoms with Crippen molar-refractivity contribution in [2.24, 2.45) is 0 Å². The quantitative estimate of drug-likeness (QED) is 0.661. The van der Waals surface area contributed by atoms with Crippen molar-refractivity contribution in [1.82, 2.24) is 9.80 Å². The van der Waals surface area contributed by atoms with Gasteiger partial charge in [-0.1, -0.05) is 24.3 Å². The van der Waals surface area contributed by atoms with E-state index in [-0.39, 0.29) is 43.1 Å². The molecule has 0 radical (unpaired) electrons. The number of halogens is 1. The summed E-state index contributed by atoms with van der Waals surface area (Å²) in [4.78, 5) is 41.7. The Labute approximate surface area is 187 Å². The van der Waals surface area contributed by atoms with Gasteiger partial charge in [-0.2, -0.15) is 0 Å². The van der Waals surface area contributed by atoms with Crippen molar-refractivity contribution in [1.29, 1.82) is 0 Å². The molecule has 0 N–H and O–H groups in total. The Bertz CT molecular complexity index is 956. The van der Waals surface area contributed by atoms with Crippen LogP contribution in [-0.4, -0.2) is 67.4 Å². The van der Waals surface area contributed by atoms with Crippen molar-refractivity contribution in [3.8, 4) is 0 Å². The fourth-order valence-electron chi connectivity index (χ4n) is 3.69. The number of nitrogens with zero attached hydrogens (tertiary/aromatic N) is 3. The van der Waals surface area contributed by atoms with E-state index in [1.165, 1.54) is 31.1 Å². The Balaban J connectivity index is 1.66. The van der Waals surface area contributed by atoms with E-state index in [4.69, 9.17) is 4.74 Å².